The first-order valence-electron chi connectivity index (χ1n) is 6.41. The number of hydrogen-bond acceptors (Lipinski definition) is 6. The predicted octanol–water partition coefficient (Wildman–Crippen LogP) is 2.29. The van der Waals surface area contributed by atoms with Crippen molar-refractivity contribution in [2.75, 3.05) is 11.9 Å². The van der Waals surface area contributed by atoms with Gasteiger partial charge in [-0.15, -0.1) is 11.3 Å². The topological polar surface area (TPSA) is 80.0 Å². The van der Waals surface area contributed by atoms with Gasteiger partial charge in [-0.25, -0.2) is 4.98 Å². The van der Waals surface area contributed by atoms with Crippen molar-refractivity contribution in [2.45, 2.75) is 32.7 Å². The van der Waals surface area contributed by atoms with Gasteiger partial charge in [0.15, 0.2) is 5.82 Å². The summed E-state index contributed by atoms with van der Waals surface area (Å²) >= 11 is 1.58. The second-order valence-corrected chi connectivity index (χ2v) is 5.64. The van der Waals surface area contributed by atoms with Gasteiger partial charge in [-0.3, -0.25) is 10.1 Å². The van der Waals surface area contributed by atoms with Crippen LogP contribution in [0.2, 0.25) is 0 Å². The molecule has 0 radical (unpaired) electrons. The third-order valence-electron chi connectivity index (χ3n) is 3.15. The average molecular weight is 294 g/mol. The Kier molecular flexibility index (Phi) is 4.51. The van der Waals surface area contributed by atoms with Crippen LogP contribution in [0.1, 0.15) is 31.0 Å². The number of hydrogen-bond donors (Lipinski definition) is 2. The summed E-state index contributed by atoms with van der Waals surface area (Å²) in [5.41, 5.74) is -0.300. The van der Waals surface area contributed by atoms with Crippen molar-refractivity contribution in [3.8, 4) is 0 Å². The largest absolute Gasteiger partial charge is 0.360 e. The van der Waals surface area contributed by atoms with E-state index < -0.39 is 0 Å². The highest BCUT2D eigenvalue weighted by atomic mass is 32.1. The summed E-state index contributed by atoms with van der Waals surface area (Å²) < 4.78 is 4.90. The van der Waals surface area contributed by atoms with E-state index >= 15 is 0 Å². The maximum Gasteiger partial charge on any atom is 0.239 e. The van der Waals surface area contributed by atoms with E-state index in [1.165, 1.54) is 0 Å². The molecule has 6 nitrogen and oxygen atoms in total. The first kappa shape index (κ1) is 14.7. The Morgan fingerprint density at radius 2 is 2.35 bits per heavy atom. The lowest BCUT2D eigenvalue weighted by Crippen LogP contribution is -2.43. The highest BCUT2D eigenvalue weighted by Gasteiger charge is 2.27. The molecule has 7 heteroatoms. The number of amides is 1. The fourth-order valence-corrected chi connectivity index (χ4v) is 2.58. The van der Waals surface area contributed by atoms with Crippen LogP contribution in [-0.2, 0) is 10.3 Å². The summed E-state index contributed by atoms with van der Waals surface area (Å²) in [6, 6.07) is 1.68. The molecule has 2 aromatic heterocycles. The van der Waals surface area contributed by atoms with Crippen molar-refractivity contribution < 1.29 is 9.32 Å². The molecular formula is C13H18N4O2S. The highest BCUT2D eigenvalue weighted by molar-refractivity contribution is 7.09. The number of aryl methyl sites for hydroxylation is 1. The molecule has 108 valence electrons. The van der Waals surface area contributed by atoms with Crippen LogP contribution in [-0.4, -0.2) is 22.6 Å². The lowest BCUT2D eigenvalue weighted by Gasteiger charge is -2.27. The molecule has 2 N–H and O–H groups in total. The first-order chi connectivity index (χ1) is 9.53. The zero-order chi connectivity index (χ0) is 14.6. The number of rotatable bonds is 6. The zero-order valence-electron chi connectivity index (χ0n) is 11.8. The number of carbonyl (C=O) groups excluding carboxylic acids is 1. The molecule has 0 saturated heterocycles. The smallest absolute Gasteiger partial charge is 0.239 e. The maximum absolute atomic E-state index is 11.9. The van der Waals surface area contributed by atoms with E-state index in [4.69, 9.17) is 4.52 Å². The molecule has 0 fully saturated rings. The van der Waals surface area contributed by atoms with Gasteiger partial charge in [0.05, 0.1) is 12.1 Å². The van der Waals surface area contributed by atoms with Gasteiger partial charge in [0.25, 0.3) is 0 Å². The van der Waals surface area contributed by atoms with Crippen molar-refractivity contribution >= 4 is 23.1 Å². The molecule has 1 atom stereocenters. The number of aromatic nitrogens is 2. The molecule has 2 rings (SSSR count). The van der Waals surface area contributed by atoms with Crippen LogP contribution in [0.3, 0.4) is 0 Å². The minimum atomic E-state index is -0.300. The van der Waals surface area contributed by atoms with Crippen LogP contribution >= 0.6 is 11.3 Å². The Morgan fingerprint density at radius 1 is 1.55 bits per heavy atom. The number of anilines is 1. The number of nitrogens with one attached hydrogen (secondary N) is 2. The van der Waals surface area contributed by atoms with E-state index in [0.717, 1.165) is 11.4 Å². The van der Waals surface area contributed by atoms with E-state index in [0.29, 0.717) is 11.6 Å². The molecule has 0 aromatic carbocycles. The van der Waals surface area contributed by atoms with Gasteiger partial charge in [0.2, 0.25) is 5.91 Å². The molecule has 0 bridgehead atoms. The monoisotopic (exact) mass is 294 g/mol. The van der Waals surface area contributed by atoms with E-state index in [1.54, 1.807) is 30.5 Å². The van der Waals surface area contributed by atoms with Crippen molar-refractivity contribution in [2.24, 2.45) is 0 Å². The third-order valence-corrected chi connectivity index (χ3v) is 4.18. The lowest BCUT2D eigenvalue weighted by molar-refractivity contribution is -0.115. The van der Waals surface area contributed by atoms with Crippen molar-refractivity contribution in [1.29, 1.82) is 0 Å². The van der Waals surface area contributed by atoms with Crippen LogP contribution in [0.25, 0.3) is 0 Å². The Morgan fingerprint density at radius 3 is 2.90 bits per heavy atom. The van der Waals surface area contributed by atoms with Crippen LogP contribution in [0.15, 0.2) is 22.2 Å². The summed E-state index contributed by atoms with van der Waals surface area (Å²) in [6.07, 6.45) is 2.62. The molecule has 0 aliphatic rings. The van der Waals surface area contributed by atoms with Gasteiger partial charge in [0.1, 0.15) is 10.8 Å². The SMILES string of the molecule is CC[C@](C)(NCC(=O)Nc1cc(C)on1)c1nccs1. The molecule has 2 aromatic rings. The van der Waals surface area contributed by atoms with Gasteiger partial charge in [0, 0.05) is 17.6 Å². The summed E-state index contributed by atoms with van der Waals surface area (Å²) in [7, 11) is 0. The third kappa shape index (κ3) is 3.43. The predicted molar refractivity (Wildman–Crippen MR) is 77.6 cm³/mol. The fourth-order valence-electron chi connectivity index (χ4n) is 1.74. The van der Waals surface area contributed by atoms with E-state index in [1.807, 2.05) is 12.3 Å². The van der Waals surface area contributed by atoms with Crippen LogP contribution in [0.5, 0.6) is 0 Å². The molecule has 2 heterocycles. The Hall–Kier alpha value is -1.73. The number of nitrogens with zero attached hydrogens (tertiary/aromatic N) is 2. The normalized spacial score (nSPS) is 13.9. The van der Waals surface area contributed by atoms with Gasteiger partial charge >= 0.3 is 0 Å². The van der Waals surface area contributed by atoms with Gasteiger partial charge in [-0.2, -0.15) is 0 Å². The summed E-state index contributed by atoms with van der Waals surface area (Å²) in [6.45, 7) is 6.07. The van der Waals surface area contributed by atoms with Crippen molar-refractivity contribution in [1.82, 2.24) is 15.5 Å². The van der Waals surface area contributed by atoms with Gasteiger partial charge in [-0.1, -0.05) is 12.1 Å². The Balaban J connectivity index is 1.92. The van der Waals surface area contributed by atoms with Gasteiger partial charge in [-0.05, 0) is 20.3 Å². The van der Waals surface area contributed by atoms with Crippen LogP contribution < -0.4 is 10.6 Å². The second-order valence-electron chi connectivity index (χ2n) is 4.75. The quantitative estimate of drug-likeness (QED) is 0.854. The van der Waals surface area contributed by atoms with Crippen LogP contribution in [0.4, 0.5) is 5.82 Å². The van der Waals surface area contributed by atoms with Crippen molar-refractivity contribution in [3.63, 3.8) is 0 Å². The highest BCUT2D eigenvalue weighted by Crippen LogP contribution is 2.25. The fraction of sp³-hybridized carbons (Fsp3) is 0.462. The Labute approximate surface area is 121 Å². The lowest BCUT2D eigenvalue weighted by atomic mass is 10.00. The Bertz CT molecular complexity index is 567. The summed E-state index contributed by atoms with van der Waals surface area (Å²) in [5, 5.41) is 12.6. The summed E-state index contributed by atoms with van der Waals surface area (Å²) in [4.78, 5) is 16.2. The van der Waals surface area contributed by atoms with Crippen molar-refractivity contribution in [3.05, 3.63) is 28.4 Å². The minimum absolute atomic E-state index is 0.158. The average Bonchev–Trinajstić information content (AvgIpc) is 3.08. The number of carbonyl (C=O) groups is 1. The number of thiazole rings is 1. The van der Waals surface area contributed by atoms with E-state index in [2.05, 4.69) is 27.7 Å². The standard InChI is InChI=1S/C13H18N4O2S/c1-4-13(3,12-14-5-6-20-12)15-8-11(18)16-10-7-9(2)19-17-10/h5-7,15H,4,8H2,1-3H3,(H,16,17,18)/t13-/m0/s1. The van der Waals surface area contributed by atoms with E-state index in [-0.39, 0.29) is 18.0 Å². The molecule has 20 heavy (non-hydrogen) atoms. The molecule has 0 aliphatic carbocycles. The first-order valence-corrected chi connectivity index (χ1v) is 7.29. The molecule has 0 unspecified atom stereocenters. The molecular weight excluding hydrogens is 276 g/mol. The molecule has 1 amide bonds. The van der Waals surface area contributed by atoms with Crippen LogP contribution in [0, 0.1) is 6.92 Å². The minimum Gasteiger partial charge on any atom is -0.360 e. The maximum atomic E-state index is 11.9. The molecule has 0 spiro atoms. The summed E-state index contributed by atoms with van der Waals surface area (Å²) in [5.74, 6) is 0.936. The zero-order valence-corrected chi connectivity index (χ0v) is 12.6. The molecule has 0 aliphatic heterocycles. The van der Waals surface area contributed by atoms with E-state index in [9.17, 15) is 4.79 Å². The van der Waals surface area contributed by atoms with Gasteiger partial charge < -0.3 is 9.84 Å². The molecule has 0 saturated carbocycles. The second kappa shape index (κ2) is 6.15.